The monoisotopic (exact) mass is 342 g/mol. The lowest BCUT2D eigenvalue weighted by atomic mass is 9.85. The molecule has 1 aromatic heterocycles. The second-order valence-corrected chi connectivity index (χ2v) is 7.40. The molecule has 136 valence electrons. The summed E-state index contributed by atoms with van der Waals surface area (Å²) in [5, 5.41) is 7.69. The average Bonchev–Trinajstić information content (AvgIpc) is 3.03. The van der Waals surface area contributed by atoms with E-state index in [2.05, 4.69) is 71.5 Å². The summed E-state index contributed by atoms with van der Waals surface area (Å²) in [5.41, 5.74) is 1.39. The number of piperidine rings is 1. The minimum absolute atomic E-state index is 0.480. The highest BCUT2D eigenvalue weighted by molar-refractivity contribution is 5.14. The molecule has 2 heterocycles. The number of benzene rings is 1. The van der Waals surface area contributed by atoms with Gasteiger partial charge < -0.3 is 9.84 Å². The first-order valence-corrected chi connectivity index (χ1v) is 9.46. The highest BCUT2D eigenvalue weighted by atomic mass is 16.5. The minimum atomic E-state index is 0.480. The van der Waals surface area contributed by atoms with E-state index in [1.54, 1.807) is 0 Å². The van der Waals surface area contributed by atoms with Crippen LogP contribution in [0, 0.1) is 11.8 Å². The number of hydrogen-bond acceptors (Lipinski definition) is 5. The average molecular weight is 342 g/mol. The molecule has 1 aromatic carbocycles. The Bertz CT molecular complexity index is 630. The molecule has 0 aliphatic carbocycles. The fraction of sp³-hybridized carbons (Fsp3) is 0.600. The topological polar surface area (TPSA) is 54.2 Å². The first-order valence-electron chi connectivity index (χ1n) is 9.46. The fourth-order valence-corrected chi connectivity index (χ4v) is 3.94. The van der Waals surface area contributed by atoms with Crippen LogP contribution in [0.1, 0.15) is 44.5 Å². The molecule has 1 saturated heterocycles. The van der Waals surface area contributed by atoms with Crippen molar-refractivity contribution in [3.63, 3.8) is 0 Å². The maximum Gasteiger partial charge on any atom is 0.240 e. The van der Waals surface area contributed by atoms with Crippen molar-refractivity contribution in [3.8, 4) is 0 Å². The summed E-state index contributed by atoms with van der Waals surface area (Å²) in [5.74, 6) is 2.70. The van der Waals surface area contributed by atoms with E-state index in [-0.39, 0.29) is 0 Å². The van der Waals surface area contributed by atoms with E-state index in [1.165, 1.54) is 5.56 Å². The molecule has 2 atom stereocenters. The molecule has 3 rings (SSSR count). The molecule has 25 heavy (non-hydrogen) atoms. The number of aromatic nitrogens is 2. The molecule has 1 aliphatic rings. The van der Waals surface area contributed by atoms with E-state index in [0.29, 0.717) is 30.3 Å². The van der Waals surface area contributed by atoms with Gasteiger partial charge in [0.25, 0.3) is 0 Å². The van der Waals surface area contributed by atoms with Crippen molar-refractivity contribution >= 4 is 0 Å². The lowest BCUT2D eigenvalue weighted by molar-refractivity contribution is 0.0923. The minimum Gasteiger partial charge on any atom is -0.338 e. The van der Waals surface area contributed by atoms with Gasteiger partial charge in [-0.05, 0) is 23.8 Å². The summed E-state index contributed by atoms with van der Waals surface area (Å²) < 4.78 is 5.34. The van der Waals surface area contributed by atoms with Gasteiger partial charge in [-0.2, -0.15) is 4.98 Å². The number of nitrogens with zero attached hydrogens (tertiary/aromatic N) is 3. The van der Waals surface area contributed by atoms with Gasteiger partial charge in [-0.15, -0.1) is 0 Å². The van der Waals surface area contributed by atoms with Gasteiger partial charge in [-0.3, -0.25) is 4.90 Å². The third kappa shape index (κ3) is 4.89. The number of nitrogens with one attached hydrogen (secondary N) is 1. The SMILES string of the molecule is CCCc1noc(CNC2C(C)CN(Cc3ccccc3)CC2C)n1. The Kier molecular flexibility index (Phi) is 6.21. The summed E-state index contributed by atoms with van der Waals surface area (Å²) in [4.78, 5) is 7.02. The molecular weight excluding hydrogens is 312 g/mol. The lowest BCUT2D eigenvalue weighted by Crippen LogP contribution is -2.52. The smallest absolute Gasteiger partial charge is 0.240 e. The first-order chi connectivity index (χ1) is 12.2. The van der Waals surface area contributed by atoms with Crippen LogP contribution in [0.3, 0.4) is 0 Å². The van der Waals surface area contributed by atoms with Crippen LogP contribution in [0.5, 0.6) is 0 Å². The van der Waals surface area contributed by atoms with Crippen LogP contribution < -0.4 is 5.32 Å². The third-order valence-corrected chi connectivity index (χ3v) is 5.04. The van der Waals surface area contributed by atoms with Crippen molar-refractivity contribution < 1.29 is 4.52 Å². The van der Waals surface area contributed by atoms with Crippen LogP contribution in [0.25, 0.3) is 0 Å². The molecule has 1 N–H and O–H groups in total. The zero-order valence-corrected chi connectivity index (χ0v) is 15.6. The molecule has 0 saturated carbocycles. The molecular formula is C20H30N4O. The Balaban J connectivity index is 1.51. The van der Waals surface area contributed by atoms with E-state index >= 15 is 0 Å². The Morgan fingerprint density at radius 2 is 1.88 bits per heavy atom. The van der Waals surface area contributed by atoms with Crippen LogP contribution in [-0.4, -0.2) is 34.2 Å². The fourth-order valence-electron chi connectivity index (χ4n) is 3.94. The Morgan fingerprint density at radius 1 is 1.16 bits per heavy atom. The first kappa shape index (κ1) is 18.1. The summed E-state index contributed by atoms with van der Waals surface area (Å²) in [6.45, 7) is 10.7. The molecule has 2 aromatic rings. The Hall–Kier alpha value is -1.72. The lowest BCUT2D eigenvalue weighted by Gasteiger charge is -2.41. The van der Waals surface area contributed by atoms with Gasteiger partial charge >= 0.3 is 0 Å². The van der Waals surface area contributed by atoms with Gasteiger partial charge in [-0.1, -0.05) is 56.3 Å². The molecule has 0 amide bonds. The van der Waals surface area contributed by atoms with Crippen molar-refractivity contribution in [1.29, 1.82) is 0 Å². The second-order valence-electron chi connectivity index (χ2n) is 7.40. The maximum atomic E-state index is 5.34. The van der Waals surface area contributed by atoms with Crippen LogP contribution in [-0.2, 0) is 19.5 Å². The molecule has 1 fully saturated rings. The molecule has 5 nitrogen and oxygen atoms in total. The van der Waals surface area contributed by atoms with E-state index in [0.717, 1.165) is 38.3 Å². The molecule has 0 radical (unpaired) electrons. The summed E-state index contributed by atoms with van der Waals surface area (Å²) >= 11 is 0. The van der Waals surface area contributed by atoms with E-state index in [9.17, 15) is 0 Å². The summed E-state index contributed by atoms with van der Waals surface area (Å²) in [6.07, 6.45) is 1.93. The number of hydrogen-bond donors (Lipinski definition) is 1. The quantitative estimate of drug-likeness (QED) is 0.837. The number of rotatable bonds is 7. The molecule has 0 bridgehead atoms. The number of aryl methyl sites for hydroxylation is 1. The van der Waals surface area contributed by atoms with Gasteiger partial charge in [-0.25, -0.2) is 0 Å². The largest absolute Gasteiger partial charge is 0.338 e. The second kappa shape index (κ2) is 8.59. The van der Waals surface area contributed by atoms with Crippen molar-refractivity contribution in [1.82, 2.24) is 20.4 Å². The summed E-state index contributed by atoms with van der Waals surface area (Å²) in [6, 6.07) is 11.2. The zero-order chi connectivity index (χ0) is 17.6. The molecule has 5 heteroatoms. The van der Waals surface area contributed by atoms with Gasteiger partial charge in [0.2, 0.25) is 5.89 Å². The maximum absolute atomic E-state index is 5.34. The Labute approximate surface area is 150 Å². The molecule has 0 spiro atoms. The van der Waals surface area contributed by atoms with Crippen LogP contribution >= 0.6 is 0 Å². The number of likely N-dealkylation sites (tertiary alicyclic amines) is 1. The van der Waals surface area contributed by atoms with Crippen molar-refractivity contribution in [2.24, 2.45) is 11.8 Å². The molecule has 1 aliphatic heterocycles. The van der Waals surface area contributed by atoms with E-state index in [4.69, 9.17) is 4.52 Å². The third-order valence-electron chi connectivity index (χ3n) is 5.04. The Morgan fingerprint density at radius 3 is 2.56 bits per heavy atom. The predicted molar refractivity (Wildman–Crippen MR) is 99.0 cm³/mol. The van der Waals surface area contributed by atoms with E-state index < -0.39 is 0 Å². The van der Waals surface area contributed by atoms with Gasteiger partial charge in [0.15, 0.2) is 5.82 Å². The standard InChI is InChI=1S/C20H30N4O/c1-4-8-18-22-19(25-23-18)11-21-20-15(2)12-24(13-16(20)3)14-17-9-6-5-7-10-17/h5-7,9-10,15-16,20-21H,4,8,11-14H2,1-3H3. The van der Waals surface area contributed by atoms with Crippen LogP contribution in [0.4, 0.5) is 0 Å². The van der Waals surface area contributed by atoms with Gasteiger partial charge in [0, 0.05) is 32.1 Å². The predicted octanol–water partition coefficient (Wildman–Crippen LogP) is 3.27. The molecule has 2 unspecified atom stereocenters. The highest BCUT2D eigenvalue weighted by Gasteiger charge is 2.31. The van der Waals surface area contributed by atoms with Crippen LogP contribution in [0.15, 0.2) is 34.9 Å². The van der Waals surface area contributed by atoms with Crippen molar-refractivity contribution in [3.05, 3.63) is 47.6 Å². The summed E-state index contributed by atoms with van der Waals surface area (Å²) in [7, 11) is 0. The van der Waals surface area contributed by atoms with Gasteiger partial charge in [0.1, 0.15) is 0 Å². The van der Waals surface area contributed by atoms with Crippen LogP contribution in [0.2, 0.25) is 0 Å². The van der Waals surface area contributed by atoms with E-state index in [1.807, 2.05) is 0 Å². The normalized spacial score (nSPS) is 24.5. The van der Waals surface area contributed by atoms with Gasteiger partial charge in [0.05, 0.1) is 6.54 Å². The van der Waals surface area contributed by atoms with Crippen molar-refractivity contribution in [2.75, 3.05) is 13.1 Å². The zero-order valence-electron chi connectivity index (χ0n) is 15.6. The highest BCUT2D eigenvalue weighted by Crippen LogP contribution is 2.24. The van der Waals surface area contributed by atoms with Crippen molar-refractivity contribution in [2.45, 2.75) is 52.7 Å².